The maximum absolute atomic E-state index is 14.0. The Morgan fingerprint density at radius 1 is 1.43 bits per heavy atom. The van der Waals surface area contributed by atoms with Crippen molar-refractivity contribution in [1.29, 1.82) is 0 Å². The van der Waals surface area contributed by atoms with E-state index in [1.165, 1.54) is 23.1 Å². The maximum atomic E-state index is 14.0. The molecule has 114 valence electrons. The number of carbonyl (C=O) groups excluding carboxylic acids is 2. The van der Waals surface area contributed by atoms with Crippen molar-refractivity contribution in [1.82, 2.24) is 5.32 Å². The molecule has 1 aliphatic rings. The lowest BCUT2D eigenvalue weighted by Crippen LogP contribution is -2.45. The molecule has 0 saturated carbocycles. The van der Waals surface area contributed by atoms with E-state index in [9.17, 15) is 14.0 Å². The number of hydrogen-bond donors (Lipinski definition) is 1. The minimum atomic E-state index is -0.643. The average molecular weight is 313 g/mol. The van der Waals surface area contributed by atoms with Crippen LogP contribution >= 0.6 is 11.6 Å². The van der Waals surface area contributed by atoms with Crippen molar-refractivity contribution in [2.45, 2.75) is 32.7 Å². The minimum Gasteiger partial charge on any atom is -0.344 e. The number of amides is 2. The summed E-state index contributed by atoms with van der Waals surface area (Å²) in [7, 11) is 0. The summed E-state index contributed by atoms with van der Waals surface area (Å²) < 4.78 is 14.0. The summed E-state index contributed by atoms with van der Waals surface area (Å²) in [5, 5.41) is 2.87. The fourth-order valence-corrected chi connectivity index (χ4v) is 2.70. The molecule has 6 heteroatoms. The molecule has 0 aromatic heterocycles. The highest BCUT2D eigenvalue weighted by atomic mass is 35.5. The highest BCUT2D eigenvalue weighted by Gasteiger charge is 2.33. The molecule has 2 amide bonds. The lowest BCUT2D eigenvalue weighted by Gasteiger charge is -2.26. The van der Waals surface area contributed by atoms with Crippen molar-refractivity contribution in [2.24, 2.45) is 5.92 Å². The van der Waals surface area contributed by atoms with Gasteiger partial charge in [0.15, 0.2) is 0 Å². The zero-order valence-corrected chi connectivity index (χ0v) is 12.8. The zero-order chi connectivity index (χ0) is 15.6. The summed E-state index contributed by atoms with van der Waals surface area (Å²) in [6.45, 7) is 4.05. The van der Waals surface area contributed by atoms with Crippen LogP contribution in [0.5, 0.6) is 0 Å². The molecular formula is C15H18ClFN2O2. The smallest absolute Gasteiger partial charge is 0.249 e. The van der Waals surface area contributed by atoms with E-state index in [1.54, 1.807) is 0 Å². The third-order valence-electron chi connectivity index (χ3n) is 3.38. The van der Waals surface area contributed by atoms with Crippen LogP contribution in [0.4, 0.5) is 10.1 Å². The van der Waals surface area contributed by atoms with Crippen molar-refractivity contribution < 1.29 is 14.0 Å². The lowest BCUT2D eigenvalue weighted by molar-refractivity contribution is -0.125. The first-order valence-electron chi connectivity index (χ1n) is 6.95. The minimum absolute atomic E-state index is 0.0504. The summed E-state index contributed by atoms with van der Waals surface area (Å²) >= 11 is 6.03. The number of carbonyl (C=O) groups is 2. The zero-order valence-electron chi connectivity index (χ0n) is 12.0. The quantitative estimate of drug-likeness (QED) is 0.933. The molecule has 1 aromatic rings. The highest BCUT2D eigenvalue weighted by molar-refractivity contribution is 6.34. The first-order chi connectivity index (χ1) is 9.90. The van der Waals surface area contributed by atoms with Crippen molar-refractivity contribution in [2.75, 3.05) is 11.4 Å². The number of para-hydroxylation sites is 1. The highest BCUT2D eigenvalue weighted by Crippen LogP contribution is 2.30. The average Bonchev–Trinajstić information content (AvgIpc) is 2.51. The maximum Gasteiger partial charge on any atom is 0.249 e. The molecule has 1 saturated heterocycles. The van der Waals surface area contributed by atoms with Gasteiger partial charge in [0, 0.05) is 13.0 Å². The second kappa shape index (κ2) is 6.43. The SMILES string of the molecule is CC(C)CC1NC(=O)CCN(c2c(F)cccc2Cl)C1=O. The van der Waals surface area contributed by atoms with Gasteiger partial charge in [-0.05, 0) is 24.5 Å². The van der Waals surface area contributed by atoms with Gasteiger partial charge in [0.25, 0.3) is 0 Å². The molecular weight excluding hydrogens is 295 g/mol. The van der Waals surface area contributed by atoms with E-state index in [0.717, 1.165) is 0 Å². The second-order valence-corrected chi connectivity index (χ2v) is 5.97. The molecule has 1 heterocycles. The van der Waals surface area contributed by atoms with Crippen LogP contribution in [0.1, 0.15) is 26.7 Å². The van der Waals surface area contributed by atoms with E-state index < -0.39 is 11.9 Å². The Bertz CT molecular complexity index is 542. The van der Waals surface area contributed by atoms with Crippen molar-refractivity contribution in [3.63, 3.8) is 0 Å². The number of anilines is 1. The van der Waals surface area contributed by atoms with Crippen LogP contribution < -0.4 is 10.2 Å². The Morgan fingerprint density at radius 2 is 2.14 bits per heavy atom. The van der Waals surface area contributed by atoms with E-state index in [0.29, 0.717) is 6.42 Å². The lowest BCUT2D eigenvalue weighted by atomic mass is 10.0. The first-order valence-corrected chi connectivity index (χ1v) is 7.32. The second-order valence-electron chi connectivity index (χ2n) is 5.56. The fraction of sp³-hybridized carbons (Fsp3) is 0.467. The van der Waals surface area contributed by atoms with E-state index in [2.05, 4.69) is 5.32 Å². The van der Waals surface area contributed by atoms with Crippen LogP contribution in [0.3, 0.4) is 0 Å². The molecule has 0 bridgehead atoms. The van der Waals surface area contributed by atoms with Crippen LogP contribution in [0.15, 0.2) is 18.2 Å². The number of halogens is 2. The van der Waals surface area contributed by atoms with E-state index in [4.69, 9.17) is 11.6 Å². The Morgan fingerprint density at radius 3 is 2.76 bits per heavy atom. The third-order valence-corrected chi connectivity index (χ3v) is 3.68. The largest absolute Gasteiger partial charge is 0.344 e. The molecule has 1 fully saturated rings. The molecule has 0 radical (unpaired) electrons. The summed E-state index contributed by atoms with van der Waals surface area (Å²) in [5.41, 5.74) is 0.0504. The molecule has 1 aromatic carbocycles. The Balaban J connectivity index is 2.37. The Labute approximate surface area is 128 Å². The number of hydrogen-bond acceptors (Lipinski definition) is 2. The van der Waals surface area contributed by atoms with Gasteiger partial charge in [-0.3, -0.25) is 9.59 Å². The van der Waals surface area contributed by atoms with Crippen molar-refractivity contribution >= 4 is 29.1 Å². The first kappa shape index (κ1) is 15.8. The normalized spacial score (nSPS) is 19.7. The molecule has 2 rings (SSSR count). The van der Waals surface area contributed by atoms with E-state index >= 15 is 0 Å². The Hall–Kier alpha value is -1.62. The molecule has 4 nitrogen and oxygen atoms in total. The van der Waals surface area contributed by atoms with Gasteiger partial charge >= 0.3 is 0 Å². The predicted molar refractivity (Wildman–Crippen MR) is 79.8 cm³/mol. The third kappa shape index (κ3) is 3.53. The summed E-state index contributed by atoms with van der Waals surface area (Å²) in [6.07, 6.45) is 0.637. The summed E-state index contributed by atoms with van der Waals surface area (Å²) in [4.78, 5) is 25.6. The topological polar surface area (TPSA) is 49.4 Å². The molecule has 21 heavy (non-hydrogen) atoms. The molecule has 1 aliphatic heterocycles. The van der Waals surface area contributed by atoms with Crippen LogP contribution in [-0.4, -0.2) is 24.4 Å². The van der Waals surface area contributed by atoms with Gasteiger partial charge < -0.3 is 10.2 Å². The van der Waals surface area contributed by atoms with Crippen LogP contribution in [0, 0.1) is 11.7 Å². The van der Waals surface area contributed by atoms with Crippen molar-refractivity contribution in [3.8, 4) is 0 Å². The van der Waals surface area contributed by atoms with Gasteiger partial charge in [0.2, 0.25) is 11.8 Å². The summed E-state index contributed by atoms with van der Waals surface area (Å²) in [5.74, 6) is -0.853. The number of rotatable bonds is 3. The fourth-order valence-electron chi connectivity index (χ4n) is 2.44. The molecule has 1 N–H and O–H groups in total. The van der Waals surface area contributed by atoms with Gasteiger partial charge in [0.1, 0.15) is 11.9 Å². The standard InChI is InChI=1S/C15H18ClFN2O2/c1-9(2)8-12-15(21)19(7-6-13(20)18-12)14-10(16)4-3-5-11(14)17/h3-5,9,12H,6-8H2,1-2H3,(H,18,20). The molecule has 0 spiro atoms. The number of nitrogens with zero attached hydrogens (tertiary/aromatic N) is 1. The Kier molecular flexibility index (Phi) is 4.83. The van der Waals surface area contributed by atoms with E-state index in [-0.39, 0.29) is 41.4 Å². The molecule has 1 atom stereocenters. The van der Waals surface area contributed by atoms with Gasteiger partial charge in [-0.1, -0.05) is 31.5 Å². The summed E-state index contributed by atoms with van der Waals surface area (Å²) in [6, 6.07) is 3.63. The monoisotopic (exact) mass is 312 g/mol. The predicted octanol–water partition coefficient (Wildman–Crippen LogP) is 2.75. The van der Waals surface area contributed by atoms with Gasteiger partial charge in [0.05, 0.1) is 10.7 Å². The van der Waals surface area contributed by atoms with Gasteiger partial charge in [-0.15, -0.1) is 0 Å². The van der Waals surface area contributed by atoms with Gasteiger partial charge in [-0.2, -0.15) is 0 Å². The molecule has 0 aliphatic carbocycles. The van der Waals surface area contributed by atoms with Crippen molar-refractivity contribution in [3.05, 3.63) is 29.0 Å². The van der Waals surface area contributed by atoms with E-state index in [1.807, 2.05) is 13.8 Å². The van der Waals surface area contributed by atoms with Crippen LogP contribution in [0.25, 0.3) is 0 Å². The number of nitrogens with one attached hydrogen (secondary N) is 1. The number of benzene rings is 1. The molecule has 1 unspecified atom stereocenters. The van der Waals surface area contributed by atoms with Gasteiger partial charge in [-0.25, -0.2) is 4.39 Å². The van der Waals surface area contributed by atoms with Crippen LogP contribution in [0.2, 0.25) is 5.02 Å². The van der Waals surface area contributed by atoms with Crippen LogP contribution in [-0.2, 0) is 9.59 Å².